The van der Waals surface area contributed by atoms with Crippen molar-refractivity contribution in [3.05, 3.63) is 24.1 Å². The third kappa shape index (κ3) is 4.22. The molecule has 1 aromatic heterocycles. The van der Waals surface area contributed by atoms with E-state index in [0.29, 0.717) is 23.5 Å². The molecule has 2 aliphatic rings. The number of hydrogen-bond acceptors (Lipinski definition) is 9. The highest BCUT2D eigenvalue weighted by molar-refractivity contribution is 6.08. The Labute approximate surface area is 190 Å². The number of hydrogen-bond donors (Lipinski definition) is 1. The van der Waals surface area contributed by atoms with Gasteiger partial charge in [0.1, 0.15) is 23.6 Å². The number of amides is 3. The molecule has 0 bridgehead atoms. The second-order valence-corrected chi connectivity index (χ2v) is 8.18. The number of imide groups is 1. The Hall–Kier alpha value is -3.63. The lowest BCUT2D eigenvalue weighted by Gasteiger charge is -2.36. The first-order chi connectivity index (χ1) is 15.9. The number of methoxy groups -OCH3 is 2. The molecule has 1 saturated carbocycles. The second kappa shape index (κ2) is 9.08. The minimum atomic E-state index is -0.922. The van der Waals surface area contributed by atoms with E-state index in [-0.39, 0.29) is 30.1 Å². The van der Waals surface area contributed by atoms with Crippen LogP contribution in [0.4, 0.5) is 4.79 Å². The molecule has 11 heteroatoms. The van der Waals surface area contributed by atoms with Gasteiger partial charge in [0, 0.05) is 6.07 Å². The van der Waals surface area contributed by atoms with Crippen LogP contribution in [-0.4, -0.2) is 59.3 Å². The summed E-state index contributed by atoms with van der Waals surface area (Å²) in [5, 5.41) is 6.70. The summed E-state index contributed by atoms with van der Waals surface area (Å²) < 4.78 is 20.8. The summed E-state index contributed by atoms with van der Waals surface area (Å²) in [6, 6.07) is 4.56. The molecule has 1 N–H and O–H groups in total. The van der Waals surface area contributed by atoms with Gasteiger partial charge in [0.2, 0.25) is 5.82 Å². The van der Waals surface area contributed by atoms with Crippen LogP contribution in [0.5, 0.6) is 11.5 Å². The van der Waals surface area contributed by atoms with Crippen molar-refractivity contribution < 1.29 is 33.1 Å². The molecule has 1 aromatic carbocycles. The largest absolute Gasteiger partial charge is 0.497 e. The number of nitrogens with one attached hydrogen (secondary N) is 1. The third-order valence-corrected chi connectivity index (χ3v) is 6.26. The summed E-state index contributed by atoms with van der Waals surface area (Å²) in [7, 11) is 3.05. The molecule has 0 radical (unpaired) electrons. The molecule has 2 heterocycles. The van der Waals surface area contributed by atoms with Gasteiger partial charge in [0.25, 0.3) is 11.8 Å². The molecule has 2 aromatic rings. The SMILES string of the molecule is COc1ccc(-c2noc(COC(=O)CN3C(=O)NC4(CCCCC4C)C3=O)n2)c(OC)c1. The van der Waals surface area contributed by atoms with Crippen LogP contribution in [0.2, 0.25) is 0 Å². The maximum atomic E-state index is 13.0. The van der Waals surface area contributed by atoms with Gasteiger partial charge in [-0.2, -0.15) is 4.98 Å². The van der Waals surface area contributed by atoms with Crippen LogP contribution in [0.15, 0.2) is 22.7 Å². The fraction of sp³-hybridized carbons (Fsp3) is 0.500. The van der Waals surface area contributed by atoms with Crippen molar-refractivity contribution in [3.8, 4) is 22.9 Å². The van der Waals surface area contributed by atoms with Crippen LogP contribution in [0, 0.1) is 5.92 Å². The maximum Gasteiger partial charge on any atom is 0.326 e. The molecule has 4 rings (SSSR count). The maximum absolute atomic E-state index is 13.0. The van der Waals surface area contributed by atoms with Gasteiger partial charge in [0.05, 0.1) is 19.8 Å². The van der Waals surface area contributed by atoms with Crippen molar-refractivity contribution in [1.29, 1.82) is 0 Å². The van der Waals surface area contributed by atoms with Gasteiger partial charge in [-0.3, -0.25) is 14.5 Å². The van der Waals surface area contributed by atoms with Gasteiger partial charge in [-0.1, -0.05) is 24.9 Å². The van der Waals surface area contributed by atoms with Crippen LogP contribution in [0.25, 0.3) is 11.4 Å². The van der Waals surface area contributed by atoms with E-state index in [1.54, 1.807) is 25.3 Å². The molecule has 2 fully saturated rings. The zero-order valence-electron chi connectivity index (χ0n) is 18.8. The van der Waals surface area contributed by atoms with E-state index in [1.807, 2.05) is 6.92 Å². The molecule has 1 aliphatic carbocycles. The average Bonchev–Trinajstić information content (AvgIpc) is 3.38. The highest BCUT2D eigenvalue weighted by atomic mass is 16.6. The van der Waals surface area contributed by atoms with E-state index in [1.165, 1.54) is 7.11 Å². The third-order valence-electron chi connectivity index (χ3n) is 6.26. The Balaban J connectivity index is 1.37. The van der Waals surface area contributed by atoms with Crippen molar-refractivity contribution in [1.82, 2.24) is 20.4 Å². The molecule has 1 spiro atoms. The lowest BCUT2D eigenvalue weighted by Crippen LogP contribution is -2.54. The topological polar surface area (TPSA) is 133 Å². The summed E-state index contributed by atoms with van der Waals surface area (Å²) in [5.74, 6) is 0.300. The monoisotopic (exact) mass is 458 g/mol. The second-order valence-electron chi connectivity index (χ2n) is 8.18. The van der Waals surface area contributed by atoms with Crippen LogP contribution >= 0.6 is 0 Å². The number of aromatic nitrogens is 2. The lowest BCUT2D eigenvalue weighted by molar-refractivity contribution is -0.150. The normalized spacial score (nSPS) is 22.4. The van der Waals surface area contributed by atoms with Gasteiger partial charge in [-0.15, -0.1) is 0 Å². The molecular formula is C22H26N4O7. The molecule has 2 unspecified atom stereocenters. The van der Waals surface area contributed by atoms with Crippen molar-refractivity contribution in [2.75, 3.05) is 20.8 Å². The van der Waals surface area contributed by atoms with E-state index in [4.69, 9.17) is 18.7 Å². The zero-order chi connectivity index (χ0) is 23.6. The van der Waals surface area contributed by atoms with Gasteiger partial charge >= 0.3 is 12.0 Å². The summed E-state index contributed by atoms with van der Waals surface area (Å²) in [6.07, 6.45) is 3.29. The smallest absolute Gasteiger partial charge is 0.326 e. The Bertz CT molecular complexity index is 1070. The van der Waals surface area contributed by atoms with E-state index >= 15 is 0 Å². The predicted octanol–water partition coefficient (Wildman–Crippen LogP) is 2.30. The summed E-state index contributed by atoms with van der Waals surface area (Å²) >= 11 is 0. The number of urea groups is 1. The molecule has 33 heavy (non-hydrogen) atoms. The predicted molar refractivity (Wildman–Crippen MR) is 113 cm³/mol. The van der Waals surface area contributed by atoms with E-state index in [0.717, 1.165) is 24.2 Å². The van der Waals surface area contributed by atoms with Gasteiger partial charge in [-0.25, -0.2) is 4.79 Å². The summed E-state index contributed by atoms with van der Waals surface area (Å²) in [5.41, 5.74) is -0.347. The number of carbonyl (C=O) groups excluding carboxylic acids is 3. The summed E-state index contributed by atoms with van der Waals surface area (Å²) in [4.78, 5) is 42.8. The van der Waals surface area contributed by atoms with E-state index in [9.17, 15) is 14.4 Å². The van der Waals surface area contributed by atoms with Crippen molar-refractivity contribution in [3.63, 3.8) is 0 Å². The van der Waals surface area contributed by atoms with Gasteiger partial charge in [-0.05, 0) is 30.9 Å². The average molecular weight is 458 g/mol. The molecule has 1 saturated heterocycles. The molecule has 11 nitrogen and oxygen atoms in total. The number of benzene rings is 1. The Morgan fingerprint density at radius 3 is 2.82 bits per heavy atom. The van der Waals surface area contributed by atoms with Gasteiger partial charge in [0.15, 0.2) is 6.61 Å². The van der Waals surface area contributed by atoms with Crippen LogP contribution in [-0.2, 0) is 20.9 Å². The first-order valence-electron chi connectivity index (χ1n) is 10.7. The Morgan fingerprint density at radius 2 is 2.09 bits per heavy atom. The highest BCUT2D eigenvalue weighted by Crippen LogP contribution is 2.38. The first-order valence-corrected chi connectivity index (χ1v) is 10.7. The van der Waals surface area contributed by atoms with Crippen molar-refractivity contribution >= 4 is 17.9 Å². The van der Waals surface area contributed by atoms with Crippen LogP contribution in [0.1, 0.15) is 38.5 Å². The van der Waals surface area contributed by atoms with Crippen LogP contribution in [0.3, 0.4) is 0 Å². The minimum Gasteiger partial charge on any atom is -0.497 e. The lowest BCUT2D eigenvalue weighted by atomic mass is 9.73. The minimum absolute atomic E-state index is 0.00970. The highest BCUT2D eigenvalue weighted by Gasteiger charge is 2.55. The van der Waals surface area contributed by atoms with E-state index < -0.39 is 24.1 Å². The zero-order valence-corrected chi connectivity index (χ0v) is 18.8. The Morgan fingerprint density at radius 1 is 1.27 bits per heavy atom. The fourth-order valence-corrected chi connectivity index (χ4v) is 4.36. The molecular weight excluding hydrogens is 432 g/mol. The number of esters is 1. The van der Waals surface area contributed by atoms with Crippen molar-refractivity contribution in [2.45, 2.75) is 44.8 Å². The molecule has 1 aliphatic heterocycles. The number of ether oxygens (including phenoxy) is 3. The standard InChI is InChI=1S/C22H26N4O7/c1-13-6-4-5-9-22(13)20(28)26(21(29)24-22)11-18(27)32-12-17-23-19(25-33-17)15-8-7-14(30-2)10-16(15)31-3/h7-8,10,13H,4-6,9,11-12H2,1-3H3,(H,24,29). The number of carbonyl (C=O) groups is 3. The molecule has 3 amide bonds. The molecule has 176 valence electrons. The number of rotatable bonds is 7. The number of nitrogens with zero attached hydrogens (tertiary/aromatic N) is 3. The van der Waals surface area contributed by atoms with E-state index in [2.05, 4.69) is 15.5 Å². The summed E-state index contributed by atoms with van der Waals surface area (Å²) in [6.45, 7) is 1.17. The van der Waals surface area contributed by atoms with Gasteiger partial charge < -0.3 is 24.1 Å². The van der Waals surface area contributed by atoms with Crippen molar-refractivity contribution in [2.24, 2.45) is 5.92 Å². The quantitative estimate of drug-likeness (QED) is 0.490. The Kier molecular flexibility index (Phi) is 6.21. The first kappa shape index (κ1) is 22.6. The molecule has 2 atom stereocenters. The fourth-order valence-electron chi connectivity index (χ4n) is 4.36. The van der Waals surface area contributed by atoms with Crippen LogP contribution < -0.4 is 14.8 Å².